The number of anilines is 1. The van der Waals surface area contributed by atoms with Gasteiger partial charge in [0.2, 0.25) is 5.91 Å². The van der Waals surface area contributed by atoms with Gasteiger partial charge in [0.15, 0.2) is 0 Å². The lowest BCUT2D eigenvalue weighted by Gasteiger charge is -2.36. The van der Waals surface area contributed by atoms with Crippen LogP contribution in [0.2, 0.25) is 0 Å². The van der Waals surface area contributed by atoms with Gasteiger partial charge in [0, 0.05) is 25.7 Å². The third-order valence-electron chi connectivity index (χ3n) is 3.21. The fourth-order valence-electron chi connectivity index (χ4n) is 2.22. The van der Waals surface area contributed by atoms with Gasteiger partial charge >= 0.3 is 0 Å². The standard InChI is InChI=1S/C13H16N4O2/c1-19-10-3-2-9(7-14)11(6-10)17-5-4-16-8-12(17)13(15)18/h2-3,6,12,16H,4-5,8H2,1H3,(H2,15,18). The number of carbonyl (C=O) groups is 1. The van der Waals surface area contributed by atoms with E-state index in [1.807, 2.05) is 4.90 Å². The van der Waals surface area contributed by atoms with Crippen LogP contribution in [0.25, 0.3) is 0 Å². The van der Waals surface area contributed by atoms with Gasteiger partial charge in [-0.05, 0) is 12.1 Å². The molecule has 1 aromatic rings. The maximum Gasteiger partial charge on any atom is 0.241 e. The first-order chi connectivity index (χ1) is 9.17. The normalized spacial score (nSPS) is 18.7. The second-order valence-corrected chi connectivity index (χ2v) is 4.31. The Labute approximate surface area is 111 Å². The molecule has 1 atom stereocenters. The molecule has 6 heteroatoms. The first kappa shape index (κ1) is 13.2. The van der Waals surface area contributed by atoms with Crippen molar-refractivity contribution in [2.24, 2.45) is 5.73 Å². The molecule has 3 N–H and O–H groups in total. The van der Waals surface area contributed by atoms with E-state index in [1.54, 1.807) is 25.3 Å². The quantitative estimate of drug-likeness (QED) is 0.787. The fraction of sp³-hybridized carbons (Fsp3) is 0.385. The molecular weight excluding hydrogens is 244 g/mol. The van der Waals surface area contributed by atoms with Gasteiger partial charge in [-0.25, -0.2) is 0 Å². The summed E-state index contributed by atoms with van der Waals surface area (Å²) in [6.07, 6.45) is 0. The Morgan fingerprint density at radius 1 is 1.63 bits per heavy atom. The number of amides is 1. The third kappa shape index (κ3) is 2.61. The SMILES string of the molecule is COc1ccc(C#N)c(N2CCNCC2C(N)=O)c1. The first-order valence-corrected chi connectivity index (χ1v) is 6.02. The van der Waals surface area contributed by atoms with E-state index in [1.165, 1.54) is 0 Å². The number of piperazine rings is 1. The smallest absolute Gasteiger partial charge is 0.241 e. The molecule has 1 aromatic carbocycles. The van der Waals surface area contributed by atoms with Crippen molar-refractivity contribution in [3.63, 3.8) is 0 Å². The van der Waals surface area contributed by atoms with Crippen molar-refractivity contribution in [3.05, 3.63) is 23.8 Å². The van der Waals surface area contributed by atoms with Crippen molar-refractivity contribution in [1.29, 1.82) is 5.26 Å². The monoisotopic (exact) mass is 260 g/mol. The van der Waals surface area contributed by atoms with Gasteiger partial charge < -0.3 is 20.7 Å². The minimum Gasteiger partial charge on any atom is -0.497 e. The van der Waals surface area contributed by atoms with Crippen LogP contribution in [0.5, 0.6) is 5.75 Å². The van der Waals surface area contributed by atoms with E-state index in [-0.39, 0.29) is 0 Å². The van der Waals surface area contributed by atoms with Crippen LogP contribution in [0.4, 0.5) is 5.69 Å². The zero-order chi connectivity index (χ0) is 13.8. The van der Waals surface area contributed by atoms with Crippen molar-refractivity contribution < 1.29 is 9.53 Å². The molecule has 1 unspecified atom stereocenters. The lowest BCUT2D eigenvalue weighted by atomic mass is 10.1. The van der Waals surface area contributed by atoms with E-state index in [4.69, 9.17) is 10.5 Å². The van der Waals surface area contributed by atoms with Crippen LogP contribution in [0, 0.1) is 11.3 Å². The largest absolute Gasteiger partial charge is 0.497 e. The summed E-state index contributed by atoms with van der Waals surface area (Å²) in [5.74, 6) is 0.245. The number of nitriles is 1. The van der Waals surface area contributed by atoms with E-state index in [2.05, 4.69) is 11.4 Å². The van der Waals surface area contributed by atoms with Crippen LogP contribution in [0.15, 0.2) is 18.2 Å². The number of hydrogen-bond acceptors (Lipinski definition) is 5. The number of nitrogens with two attached hydrogens (primary N) is 1. The summed E-state index contributed by atoms with van der Waals surface area (Å²) >= 11 is 0. The van der Waals surface area contributed by atoms with Crippen LogP contribution in [0.1, 0.15) is 5.56 Å². The number of nitrogens with one attached hydrogen (secondary N) is 1. The van der Waals surface area contributed by atoms with Gasteiger partial charge in [0.05, 0.1) is 18.4 Å². The number of benzene rings is 1. The Kier molecular flexibility index (Phi) is 3.88. The molecule has 1 aliphatic rings. The lowest BCUT2D eigenvalue weighted by Crippen LogP contribution is -2.57. The highest BCUT2D eigenvalue weighted by atomic mass is 16.5. The predicted octanol–water partition coefficient (Wildman–Crippen LogP) is -0.170. The number of primary amides is 1. The maximum atomic E-state index is 11.5. The minimum absolute atomic E-state index is 0.404. The summed E-state index contributed by atoms with van der Waals surface area (Å²) in [6.45, 7) is 1.85. The van der Waals surface area contributed by atoms with Gasteiger partial charge in [-0.15, -0.1) is 0 Å². The van der Waals surface area contributed by atoms with Crippen LogP contribution >= 0.6 is 0 Å². The van der Waals surface area contributed by atoms with E-state index in [9.17, 15) is 10.1 Å². The molecule has 2 rings (SSSR count). The molecule has 0 radical (unpaired) electrons. The predicted molar refractivity (Wildman–Crippen MR) is 70.9 cm³/mol. The maximum absolute atomic E-state index is 11.5. The number of methoxy groups -OCH3 is 1. The van der Waals surface area contributed by atoms with E-state index < -0.39 is 11.9 Å². The lowest BCUT2D eigenvalue weighted by molar-refractivity contribution is -0.119. The average Bonchev–Trinajstić information content (AvgIpc) is 2.46. The van der Waals surface area contributed by atoms with Crippen molar-refractivity contribution >= 4 is 11.6 Å². The van der Waals surface area contributed by atoms with Crippen LogP contribution in [-0.2, 0) is 4.79 Å². The number of nitrogens with zero attached hydrogens (tertiary/aromatic N) is 2. The molecule has 1 aliphatic heterocycles. The molecule has 1 fully saturated rings. The molecule has 0 spiro atoms. The van der Waals surface area contributed by atoms with Gasteiger partial charge in [0.25, 0.3) is 0 Å². The molecule has 6 nitrogen and oxygen atoms in total. The summed E-state index contributed by atoms with van der Waals surface area (Å²) in [5.41, 5.74) is 6.62. The zero-order valence-electron chi connectivity index (χ0n) is 10.7. The van der Waals surface area contributed by atoms with E-state index in [0.717, 1.165) is 6.54 Å². The summed E-state index contributed by atoms with van der Waals surface area (Å²) in [6, 6.07) is 6.86. The number of rotatable bonds is 3. The number of carbonyl (C=O) groups excluding carboxylic acids is 1. The van der Waals surface area contributed by atoms with E-state index in [0.29, 0.717) is 30.1 Å². The highest BCUT2D eigenvalue weighted by Gasteiger charge is 2.28. The van der Waals surface area contributed by atoms with E-state index >= 15 is 0 Å². The van der Waals surface area contributed by atoms with Crippen LogP contribution < -0.4 is 20.7 Å². The highest BCUT2D eigenvalue weighted by molar-refractivity contribution is 5.85. The molecule has 0 aliphatic carbocycles. The van der Waals surface area contributed by atoms with Gasteiger partial charge in [-0.2, -0.15) is 5.26 Å². The highest BCUT2D eigenvalue weighted by Crippen LogP contribution is 2.27. The molecule has 1 heterocycles. The molecule has 1 saturated heterocycles. The zero-order valence-corrected chi connectivity index (χ0v) is 10.7. The van der Waals surface area contributed by atoms with Crippen molar-refractivity contribution in [3.8, 4) is 11.8 Å². The summed E-state index contributed by atoms with van der Waals surface area (Å²) in [4.78, 5) is 13.4. The van der Waals surface area contributed by atoms with Crippen LogP contribution in [-0.4, -0.2) is 38.7 Å². The van der Waals surface area contributed by atoms with Gasteiger partial charge in [-0.3, -0.25) is 4.79 Å². The molecule has 19 heavy (non-hydrogen) atoms. The van der Waals surface area contributed by atoms with Crippen LogP contribution in [0.3, 0.4) is 0 Å². The average molecular weight is 260 g/mol. The summed E-state index contributed by atoms with van der Waals surface area (Å²) in [5, 5.41) is 12.3. The fourth-order valence-corrected chi connectivity index (χ4v) is 2.22. The summed E-state index contributed by atoms with van der Waals surface area (Å²) in [7, 11) is 1.56. The van der Waals surface area contributed by atoms with Gasteiger partial charge in [-0.1, -0.05) is 0 Å². The second-order valence-electron chi connectivity index (χ2n) is 4.31. The Balaban J connectivity index is 2.43. The second kappa shape index (κ2) is 5.59. The summed E-state index contributed by atoms with van der Waals surface area (Å²) < 4.78 is 5.17. The topological polar surface area (TPSA) is 91.4 Å². The molecule has 0 bridgehead atoms. The first-order valence-electron chi connectivity index (χ1n) is 6.02. The minimum atomic E-state index is -0.451. The Morgan fingerprint density at radius 3 is 3.05 bits per heavy atom. The number of ether oxygens (including phenoxy) is 1. The van der Waals surface area contributed by atoms with Gasteiger partial charge in [0.1, 0.15) is 17.9 Å². The van der Waals surface area contributed by atoms with Crippen molar-refractivity contribution in [2.45, 2.75) is 6.04 Å². The van der Waals surface area contributed by atoms with Crippen molar-refractivity contribution in [2.75, 3.05) is 31.6 Å². The molecular formula is C13H16N4O2. The molecule has 0 saturated carbocycles. The number of hydrogen-bond donors (Lipinski definition) is 2. The Bertz CT molecular complexity index is 524. The molecule has 1 amide bonds. The Morgan fingerprint density at radius 2 is 2.42 bits per heavy atom. The molecule has 100 valence electrons. The third-order valence-corrected chi connectivity index (χ3v) is 3.21. The van der Waals surface area contributed by atoms with Crippen molar-refractivity contribution in [1.82, 2.24) is 5.32 Å². The Hall–Kier alpha value is -2.26. The molecule has 0 aromatic heterocycles.